The lowest BCUT2D eigenvalue weighted by molar-refractivity contribution is -0.108. The van der Waals surface area contributed by atoms with Crippen LogP contribution in [0.3, 0.4) is 0 Å². The van der Waals surface area contributed by atoms with Gasteiger partial charge in [-0.15, -0.1) is 0 Å². The molecule has 0 radical (unpaired) electrons. The molecule has 0 saturated heterocycles. The van der Waals surface area contributed by atoms with E-state index in [1.165, 1.54) is 0 Å². The Balaban J connectivity index is 2.21. The molecule has 0 saturated carbocycles. The van der Waals surface area contributed by atoms with Gasteiger partial charge in [0.25, 0.3) is 0 Å². The molecular formula is C17H12BrClO2. The monoisotopic (exact) mass is 362 g/mol. The van der Waals surface area contributed by atoms with E-state index in [1.807, 2.05) is 42.5 Å². The number of rotatable bonds is 3. The lowest BCUT2D eigenvalue weighted by atomic mass is 9.88. The minimum atomic E-state index is -0.345. The molecule has 0 spiro atoms. The van der Waals surface area contributed by atoms with Crippen LogP contribution in [0.4, 0.5) is 0 Å². The van der Waals surface area contributed by atoms with Crippen molar-refractivity contribution in [3.05, 3.63) is 70.3 Å². The number of ether oxygens (including phenoxy) is 1. The summed E-state index contributed by atoms with van der Waals surface area (Å²) < 4.78 is 6.04. The van der Waals surface area contributed by atoms with Crippen molar-refractivity contribution < 1.29 is 9.53 Å². The normalized spacial score (nSPS) is 17.1. The fraction of sp³-hybridized carbons (Fsp3) is 0.118. The van der Waals surface area contributed by atoms with Gasteiger partial charge in [-0.05, 0) is 11.6 Å². The number of allylic oxidation sites excluding steroid dienone is 1. The number of halogens is 2. The van der Waals surface area contributed by atoms with E-state index in [9.17, 15) is 4.79 Å². The van der Waals surface area contributed by atoms with Gasteiger partial charge in [0.2, 0.25) is 0 Å². The second-order valence-corrected chi connectivity index (χ2v) is 5.70. The van der Waals surface area contributed by atoms with Crippen LogP contribution in [-0.2, 0) is 4.79 Å². The number of carbonyl (C=O) groups excluding carboxylic acids is 1. The highest BCUT2D eigenvalue weighted by Crippen LogP contribution is 2.45. The standard InChI is InChI=1S/C17H12BrClO2/c18-9-13-14(10-20)12-7-4-8-15(19)17(12)21-16(13)11-5-2-1-3-6-11/h1-8,10,14H,9H2. The first-order chi connectivity index (χ1) is 10.3. The zero-order valence-corrected chi connectivity index (χ0v) is 13.4. The summed E-state index contributed by atoms with van der Waals surface area (Å²) in [5.41, 5.74) is 2.65. The molecule has 0 N–H and O–H groups in total. The molecule has 1 aliphatic rings. The van der Waals surface area contributed by atoms with E-state index < -0.39 is 0 Å². The first-order valence-corrected chi connectivity index (χ1v) is 8.02. The number of fused-ring (bicyclic) bond motifs is 1. The number of para-hydroxylation sites is 1. The first-order valence-electron chi connectivity index (χ1n) is 6.52. The Labute approximate surface area is 136 Å². The molecule has 106 valence electrons. The highest BCUT2D eigenvalue weighted by Gasteiger charge is 2.30. The fourth-order valence-corrected chi connectivity index (χ4v) is 3.33. The van der Waals surface area contributed by atoms with Crippen LogP contribution in [0.25, 0.3) is 5.76 Å². The zero-order valence-electron chi connectivity index (χ0n) is 11.1. The molecule has 0 aliphatic carbocycles. The molecule has 3 rings (SSSR count). The van der Waals surface area contributed by atoms with Crippen molar-refractivity contribution in [2.24, 2.45) is 0 Å². The number of carbonyl (C=O) groups is 1. The van der Waals surface area contributed by atoms with Crippen LogP contribution < -0.4 is 4.74 Å². The van der Waals surface area contributed by atoms with Gasteiger partial charge < -0.3 is 9.53 Å². The highest BCUT2D eigenvalue weighted by molar-refractivity contribution is 9.09. The lowest BCUT2D eigenvalue weighted by Crippen LogP contribution is -2.17. The van der Waals surface area contributed by atoms with Gasteiger partial charge in [-0.25, -0.2) is 0 Å². The predicted octanol–water partition coefficient (Wildman–Crippen LogP) is 4.82. The van der Waals surface area contributed by atoms with E-state index >= 15 is 0 Å². The molecule has 0 bridgehead atoms. The smallest absolute Gasteiger partial charge is 0.150 e. The highest BCUT2D eigenvalue weighted by atomic mass is 79.9. The molecule has 4 heteroatoms. The Morgan fingerprint density at radius 1 is 1.14 bits per heavy atom. The molecular weight excluding hydrogens is 352 g/mol. The Hall–Kier alpha value is -1.58. The molecule has 0 aromatic heterocycles. The lowest BCUT2D eigenvalue weighted by Gasteiger charge is -2.28. The van der Waals surface area contributed by atoms with Crippen molar-refractivity contribution in [2.45, 2.75) is 5.92 Å². The van der Waals surface area contributed by atoms with Gasteiger partial charge in [0.1, 0.15) is 17.8 Å². The van der Waals surface area contributed by atoms with Crippen molar-refractivity contribution in [1.82, 2.24) is 0 Å². The maximum Gasteiger partial charge on any atom is 0.150 e. The van der Waals surface area contributed by atoms with Gasteiger partial charge in [-0.1, -0.05) is 70.0 Å². The maximum absolute atomic E-state index is 11.6. The molecule has 2 nitrogen and oxygen atoms in total. The largest absolute Gasteiger partial charge is 0.455 e. The maximum atomic E-state index is 11.6. The van der Waals surface area contributed by atoms with Gasteiger partial charge in [0.15, 0.2) is 0 Å². The van der Waals surface area contributed by atoms with Gasteiger partial charge in [-0.3, -0.25) is 0 Å². The molecule has 0 amide bonds. The van der Waals surface area contributed by atoms with Gasteiger partial charge in [0.05, 0.1) is 10.9 Å². The van der Waals surface area contributed by atoms with Crippen LogP contribution in [0.2, 0.25) is 5.02 Å². The molecule has 1 atom stereocenters. The van der Waals surface area contributed by atoms with Crippen LogP contribution >= 0.6 is 27.5 Å². The average Bonchev–Trinajstić information content (AvgIpc) is 2.54. The van der Waals surface area contributed by atoms with Crippen LogP contribution in [0.15, 0.2) is 54.1 Å². The third kappa shape index (κ3) is 2.52. The summed E-state index contributed by atoms with van der Waals surface area (Å²) in [7, 11) is 0. The summed E-state index contributed by atoms with van der Waals surface area (Å²) in [6, 6.07) is 15.2. The summed E-state index contributed by atoms with van der Waals surface area (Å²) in [4.78, 5) is 11.6. The number of hydrogen-bond donors (Lipinski definition) is 0. The molecule has 21 heavy (non-hydrogen) atoms. The van der Waals surface area contributed by atoms with Gasteiger partial charge >= 0.3 is 0 Å². The average molecular weight is 364 g/mol. The first kappa shape index (κ1) is 14.4. The molecule has 1 heterocycles. The van der Waals surface area contributed by atoms with Gasteiger partial charge in [0, 0.05) is 16.5 Å². The SMILES string of the molecule is O=CC1C(CBr)=C(c2ccccc2)Oc2c(Cl)cccc21. The van der Waals surface area contributed by atoms with E-state index in [0.717, 1.165) is 23.0 Å². The van der Waals surface area contributed by atoms with Crippen LogP contribution in [-0.4, -0.2) is 11.6 Å². The minimum absolute atomic E-state index is 0.345. The van der Waals surface area contributed by atoms with Crippen LogP contribution in [0.1, 0.15) is 17.0 Å². The third-order valence-electron chi connectivity index (χ3n) is 3.52. The number of hydrogen-bond acceptors (Lipinski definition) is 2. The Bertz CT molecular complexity index is 710. The summed E-state index contributed by atoms with van der Waals surface area (Å²) in [5.74, 6) is 0.923. The zero-order chi connectivity index (χ0) is 14.8. The van der Waals surface area contributed by atoms with E-state index in [-0.39, 0.29) is 5.92 Å². The van der Waals surface area contributed by atoms with Gasteiger partial charge in [-0.2, -0.15) is 0 Å². The molecule has 2 aromatic carbocycles. The Morgan fingerprint density at radius 2 is 1.90 bits per heavy atom. The third-order valence-corrected chi connectivity index (χ3v) is 4.42. The number of aldehydes is 1. The Morgan fingerprint density at radius 3 is 2.57 bits per heavy atom. The van der Waals surface area contributed by atoms with E-state index in [0.29, 0.717) is 21.9 Å². The van der Waals surface area contributed by atoms with Crippen LogP contribution in [0.5, 0.6) is 5.75 Å². The molecule has 0 fully saturated rings. The van der Waals surface area contributed by atoms with E-state index in [2.05, 4.69) is 15.9 Å². The van der Waals surface area contributed by atoms with E-state index in [1.54, 1.807) is 6.07 Å². The van der Waals surface area contributed by atoms with Crippen molar-refractivity contribution in [1.29, 1.82) is 0 Å². The summed E-state index contributed by atoms with van der Waals surface area (Å²) in [6.45, 7) is 0. The number of benzene rings is 2. The topological polar surface area (TPSA) is 26.3 Å². The summed E-state index contributed by atoms with van der Waals surface area (Å²) in [6.07, 6.45) is 0.942. The fourth-order valence-electron chi connectivity index (χ4n) is 2.51. The molecule has 1 unspecified atom stereocenters. The van der Waals surface area contributed by atoms with Crippen molar-refractivity contribution in [3.8, 4) is 5.75 Å². The van der Waals surface area contributed by atoms with Crippen molar-refractivity contribution in [2.75, 3.05) is 5.33 Å². The minimum Gasteiger partial charge on any atom is -0.455 e. The van der Waals surface area contributed by atoms with Crippen molar-refractivity contribution >= 4 is 39.6 Å². The Kier molecular flexibility index (Phi) is 4.13. The van der Waals surface area contributed by atoms with Crippen molar-refractivity contribution in [3.63, 3.8) is 0 Å². The summed E-state index contributed by atoms with van der Waals surface area (Å²) in [5, 5.41) is 1.08. The van der Waals surface area contributed by atoms with Crippen LogP contribution in [0, 0.1) is 0 Å². The second kappa shape index (κ2) is 6.04. The molecule has 1 aliphatic heterocycles. The summed E-state index contributed by atoms with van der Waals surface area (Å²) >= 11 is 9.70. The quantitative estimate of drug-likeness (QED) is 0.577. The predicted molar refractivity (Wildman–Crippen MR) is 88.0 cm³/mol. The second-order valence-electron chi connectivity index (χ2n) is 4.73. The van der Waals surface area contributed by atoms with E-state index in [4.69, 9.17) is 16.3 Å². The molecule has 2 aromatic rings. The number of alkyl halides is 1.